The van der Waals surface area contributed by atoms with Gasteiger partial charge in [-0.3, -0.25) is 9.78 Å². The fraction of sp³-hybridized carbons (Fsp3) is 0.500. The average molecular weight is 449 g/mol. The van der Waals surface area contributed by atoms with Crippen molar-refractivity contribution in [1.29, 1.82) is 0 Å². The highest BCUT2D eigenvalue weighted by atomic mass is 19.4. The maximum atomic E-state index is 13.9. The molecule has 1 aliphatic carbocycles. The molecule has 5 nitrogen and oxygen atoms in total. The Kier molecular flexibility index (Phi) is 6.93. The van der Waals surface area contributed by atoms with E-state index in [-0.39, 0.29) is 28.6 Å². The summed E-state index contributed by atoms with van der Waals surface area (Å²) < 4.78 is 80.6. The third-order valence-corrected chi connectivity index (χ3v) is 5.25. The van der Waals surface area contributed by atoms with Crippen molar-refractivity contribution in [3.8, 4) is 5.75 Å². The largest absolute Gasteiger partial charge is 0.432 e. The van der Waals surface area contributed by atoms with Gasteiger partial charge in [0.1, 0.15) is 6.04 Å². The molecular formula is C20H21F6N3O2. The number of nitrogens with zero attached hydrogens (tertiary/aromatic N) is 1. The van der Waals surface area contributed by atoms with Crippen molar-refractivity contribution in [2.45, 2.75) is 63.5 Å². The van der Waals surface area contributed by atoms with E-state index in [4.69, 9.17) is 0 Å². The molecule has 1 atom stereocenters. The summed E-state index contributed by atoms with van der Waals surface area (Å²) in [6, 6.07) is 1.27. The van der Waals surface area contributed by atoms with Gasteiger partial charge in [-0.2, -0.15) is 22.0 Å². The number of carbonyl (C=O) groups is 1. The Morgan fingerprint density at radius 3 is 2.39 bits per heavy atom. The Balaban J connectivity index is 1.59. The van der Waals surface area contributed by atoms with E-state index in [1.807, 2.05) is 0 Å². The van der Waals surface area contributed by atoms with Gasteiger partial charge in [-0.15, -0.1) is 0 Å². The molecule has 1 heterocycles. The smallest absolute Gasteiger partial charge is 0.403 e. The van der Waals surface area contributed by atoms with Crippen LogP contribution in [0.4, 0.5) is 26.3 Å². The van der Waals surface area contributed by atoms with Crippen molar-refractivity contribution in [3.05, 3.63) is 35.8 Å². The van der Waals surface area contributed by atoms with Crippen LogP contribution >= 0.6 is 0 Å². The van der Waals surface area contributed by atoms with Crippen LogP contribution in [0.3, 0.4) is 0 Å². The van der Waals surface area contributed by atoms with Gasteiger partial charge < -0.3 is 15.4 Å². The molecule has 0 bridgehead atoms. The number of alkyl halides is 5. The number of benzene rings is 1. The molecule has 0 radical (unpaired) electrons. The summed E-state index contributed by atoms with van der Waals surface area (Å²) in [5.74, 6) is -2.11. The molecule has 11 heteroatoms. The Morgan fingerprint density at radius 1 is 1.13 bits per heavy atom. The maximum Gasteiger partial charge on any atom is 0.403 e. The second-order valence-corrected chi connectivity index (χ2v) is 7.53. The Labute approximate surface area is 174 Å². The number of hydrogen-bond acceptors (Lipinski definition) is 4. The molecule has 31 heavy (non-hydrogen) atoms. The van der Waals surface area contributed by atoms with Crippen molar-refractivity contribution in [2.24, 2.45) is 0 Å². The second kappa shape index (κ2) is 9.29. The lowest BCUT2D eigenvalue weighted by atomic mass is 9.90. The molecule has 0 saturated heterocycles. The molecule has 1 aromatic heterocycles. The van der Waals surface area contributed by atoms with Crippen molar-refractivity contribution in [3.63, 3.8) is 0 Å². The van der Waals surface area contributed by atoms with E-state index in [2.05, 4.69) is 20.4 Å². The fourth-order valence-electron chi connectivity index (χ4n) is 3.56. The molecular weight excluding hydrogens is 428 g/mol. The molecule has 0 aliphatic heterocycles. The van der Waals surface area contributed by atoms with Gasteiger partial charge >= 0.3 is 12.8 Å². The Morgan fingerprint density at radius 2 is 1.77 bits per heavy atom. The van der Waals surface area contributed by atoms with E-state index in [1.54, 1.807) is 0 Å². The lowest BCUT2D eigenvalue weighted by Gasteiger charge is -2.32. The average Bonchev–Trinajstić information content (AvgIpc) is 2.68. The van der Waals surface area contributed by atoms with E-state index in [0.29, 0.717) is 25.7 Å². The number of pyridine rings is 1. The first-order valence-corrected chi connectivity index (χ1v) is 9.70. The molecule has 0 spiro atoms. The van der Waals surface area contributed by atoms with Crippen LogP contribution in [-0.2, 0) is 0 Å². The molecule has 2 aromatic rings. The molecule has 170 valence electrons. The number of halogens is 6. The minimum atomic E-state index is -4.31. The highest BCUT2D eigenvalue weighted by Crippen LogP contribution is 2.27. The summed E-state index contributed by atoms with van der Waals surface area (Å²) in [4.78, 5) is 16.5. The second-order valence-electron chi connectivity index (χ2n) is 7.53. The first-order valence-electron chi connectivity index (χ1n) is 9.70. The molecule has 2 N–H and O–H groups in total. The zero-order valence-electron chi connectivity index (χ0n) is 16.5. The van der Waals surface area contributed by atoms with Crippen molar-refractivity contribution in [2.75, 3.05) is 0 Å². The normalized spacial score (nSPS) is 20.6. The summed E-state index contributed by atoms with van der Waals surface area (Å²) in [7, 11) is 0. The number of amides is 1. The van der Waals surface area contributed by atoms with Crippen LogP contribution in [0.5, 0.6) is 5.75 Å². The molecule has 1 aromatic carbocycles. The number of rotatable bonds is 6. The number of fused-ring (bicyclic) bond motifs is 1. The van der Waals surface area contributed by atoms with Crippen LogP contribution in [0.1, 0.15) is 43.0 Å². The summed E-state index contributed by atoms with van der Waals surface area (Å²) in [5, 5.41) is 5.61. The van der Waals surface area contributed by atoms with E-state index < -0.39 is 36.3 Å². The minimum Gasteiger partial charge on any atom is -0.432 e. The van der Waals surface area contributed by atoms with Gasteiger partial charge in [0.2, 0.25) is 0 Å². The van der Waals surface area contributed by atoms with Gasteiger partial charge in [0.05, 0.1) is 11.1 Å². The predicted molar refractivity (Wildman–Crippen MR) is 100 cm³/mol. The highest BCUT2D eigenvalue weighted by Gasteiger charge is 2.37. The summed E-state index contributed by atoms with van der Waals surface area (Å²) >= 11 is 0. The zero-order chi connectivity index (χ0) is 22.8. The van der Waals surface area contributed by atoms with Crippen LogP contribution in [0.15, 0.2) is 24.4 Å². The number of aromatic nitrogens is 1. The van der Waals surface area contributed by atoms with Crippen LogP contribution in [0, 0.1) is 5.82 Å². The number of ether oxygens (including phenoxy) is 1. The van der Waals surface area contributed by atoms with Crippen molar-refractivity contribution in [1.82, 2.24) is 15.6 Å². The lowest BCUT2D eigenvalue weighted by molar-refractivity contribution is -0.153. The number of hydrogen-bond donors (Lipinski definition) is 2. The van der Waals surface area contributed by atoms with E-state index in [1.165, 1.54) is 12.3 Å². The summed E-state index contributed by atoms with van der Waals surface area (Å²) in [5.41, 5.74) is 0.333. The predicted octanol–water partition coefficient (Wildman–Crippen LogP) is 4.56. The first kappa shape index (κ1) is 23.1. The van der Waals surface area contributed by atoms with Gasteiger partial charge in [0.15, 0.2) is 11.6 Å². The van der Waals surface area contributed by atoms with Gasteiger partial charge in [-0.05, 0) is 44.7 Å². The lowest BCUT2D eigenvalue weighted by Crippen LogP contribution is -2.48. The van der Waals surface area contributed by atoms with Crippen LogP contribution in [0.2, 0.25) is 0 Å². The highest BCUT2D eigenvalue weighted by molar-refractivity contribution is 5.97. The van der Waals surface area contributed by atoms with Crippen LogP contribution in [-0.4, -0.2) is 41.8 Å². The topological polar surface area (TPSA) is 63.2 Å². The van der Waals surface area contributed by atoms with Crippen LogP contribution in [0.25, 0.3) is 10.9 Å². The molecule has 3 rings (SSSR count). The third kappa shape index (κ3) is 5.99. The van der Waals surface area contributed by atoms with Gasteiger partial charge in [-0.1, -0.05) is 0 Å². The van der Waals surface area contributed by atoms with Gasteiger partial charge in [0, 0.05) is 29.7 Å². The van der Waals surface area contributed by atoms with E-state index >= 15 is 0 Å². The molecule has 1 fully saturated rings. The quantitative estimate of drug-likeness (QED) is 0.635. The first-order chi connectivity index (χ1) is 14.5. The van der Waals surface area contributed by atoms with Crippen LogP contribution < -0.4 is 15.4 Å². The minimum absolute atomic E-state index is 0.153. The molecule has 0 unspecified atom stereocenters. The SMILES string of the molecule is C[C@@H](N[C@H]1CC[C@H](NC(=O)c2cnc3cc(OC(F)F)c(F)cc3c2)CC1)C(F)(F)F. The summed E-state index contributed by atoms with van der Waals surface area (Å²) in [6.07, 6.45) is -1.07. The summed E-state index contributed by atoms with van der Waals surface area (Å²) in [6.45, 7) is -2.11. The third-order valence-electron chi connectivity index (χ3n) is 5.25. The standard InChI is InChI=1S/C20H21F6N3O2/c1-10(20(24,25)26)28-13-2-4-14(5-3-13)29-18(30)12-6-11-7-15(21)17(31-19(22)23)8-16(11)27-9-12/h6-10,13-14,19,28H,2-5H2,1H3,(H,29,30)/t10-,13-,14-/m1/s1. The Bertz CT molecular complexity index is 929. The molecule has 1 aliphatic rings. The fourth-order valence-corrected chi connectivity index (χ4v) is 3.56. The molecule has 1 amide bonds. The van der Waals surface area contributed by atoms with E-state index in [0.717, 1.165) is 19.1 Å². The Hall–Kier alpha value is -2.56. The molecule has 1 saturated carbocycles. The number of nitrogens with one attached hydrogen (secondary N) is 2. The monoisotopic (exact) mass is 449 g/mol. The van der Waals surface area contributed by atoms with E-state index in [9.17, 15) is 31.1 Å². The van der Waals surface area contributed by atoms with Crippen molar-refractivity contribution >= 4 is 16.8 Å². The van der Waals surface area contributed by atoms with Gasteiger partial charge in [0.25, 0.3) is 5.91 Å². The zero-order valence-corrected chi connectivity index (χ0v) is 16.5. The number of carbonyl (C=O) groups excluding carboxylic acids is 1. The van der Waals surface area contributed by atoms with Crippen molar-refractivity contribution < 1.29 is 35.9 Å². The maximum absolute atomic E-state index is 13.9. The van der Waals surface area contributed by atoms with Gasteiger partial charge in [-0.25, -0.2) is 4.39 Å².